The first kappa shape index (κ1) is 15.2. The largest absolute Gasteiger partial charge is 0.493 e. The van der Waals surface area contributed by atoms with Crippen LogP contribution < -0.4 is 4.74 Å². The van der Waals surface area contributed by atoms with Crippen LogP contribution in [0.5, 0.6) is 5.75 Å². The van der Waals surface area contributed by atoms with E-state index < -0.39 is 24.2 Å². The Morgan fingerprint density at radius 1 is 1.41 bits per heavy atom. The van der Waals surface area contributed by atoms with Crippen LogP contribution in [0.15, 0.2) is 24.3 Å². The van der Waals surface area contributed by atoms with Crippen LogP contribution >= 0.6 is 0 Å². The summed E-state index contributed by atoms with van der Waals surface area (Å²) in [6.45, 7) is 1.34. The first-order valence-electron chi connectivity index (χ1n) is 7.52. The number of aliphatic carboxylic acids is 1. The molecule has 2 aliphatic heterocycles. The fourth-order valence-electron chi connectivity index (χ4n) is 3.31. The monoisotopic (exact) mass is 311 g/mol. The number of ether oxygens (including phenoxy) is 1. The van der Waals surface area contributed by atoms with Gasteiger partial charge in [0.05, 0.1) is 6.61 Å². The lowest BCUT2D eigenvalue weighted by molar-refractivity contribution is -0.166. The molecule has 0 amide bonds. The summed E-state index contributed by atoms with van der Waals surface area (Å²) in [5.74, 6) is -5.10. The molecule has 120 valence electrons. The number of carboxylic acids is 1. The fourth-order valence-corrected chi connectivity index (χ4v) is 3.31. The number of carbonyl (C=O) groups is 1. The average molecular weight is 311 g/mol. The number of carboxylic acid groups (broad SMARTS) is 1. The van der Waals surface area contributed by atoms with E-state index in [0.717, 1.165) is 17.7 Å². The van der Waals surface area contributed by atoms with Crippen molar-refractivity contribution >= 4 is 5.97 Å². The van der Waals surface area contributed by atoms with Crippen molar-refractivity contribution in [1.29, 1.82) is 0 Å². The van der Waals surface area contributed by atoms with Gasteiger partial charge in [-0.1, -0.05) is 18.2 Å². The maximum Gasteiger partial charge on any atom is 0.313 e. The first-order chi connectivity index (χ1) is 10.5. The van der Waals surface area contributed by atoms with Gasteiger partial charge in [0.2, 0.25) is 0 Å². The van der Waals surface area contributed by atoms with Crippen LogP contribution in [0.25, 0.3) is 0 Å². The van der Waals surface area contributed by atoms with Crippen LogP contribution in [0.3, 0.4) is 0 Å². The number of likely N-dealkylation sites (tertiary alicyclic amines) is 1. The molecule has 1 aromatic carbocycles. The van der Waals surface area contributed by atoms with E-state index in [4.69, 9.17) is 9.84 Å². The lowest BCUT2D eigenvalue weighted by atomic mass is 9.89. The van der Waals surface area contributed by atoms with E-state index in [2.05, 4.69) is 0 Å². The second-order valence-corrected chi connectivity index (χ2v) is 6.03. The molecule has 3 rings (SSSR count). The standard InChI is InChI=1S/C16H19F2NO3/c17-16(18)6-7-19(10-13(16)15(20)21)9-11-5-8-22-14-4-2-1-3-12(11)14/h1-4,11,13H,5-10H2,(H,20,21). The van der Waals surface area contributed by atoms with Crippen LogP contribution in [-0.2, 0) is 4.79 Å². The van der Waals surface area contributed by atoms with Crippen molar-refractivity contribution in [3.8, 4) is 5.75 Å². The number of benzene rings is 1. The predicted octanol–water partition coefficient (Wildman–Crippen LogP) is 2.59. The number of rotatable bonds is 3. The van der Waals surface area contributed by atoms with Crippen molar-refractivity contribution in [3.05, 3.63) is 29.8 Å². The van der Waals surface area contributed by atoms with Gasteiger partial charge >= 0.3 is 5.97 Å². The molecule has 2 heterocycles. The van der Waals surface area contributed by atoms with E-state index in [1.165, 1.54) is 0 Å². The molecule has 0 bridgehead atoms. The van der Waals surface area contributed by atoms with Gasteiger partial charge in [-0.25, -0.2) is 8.78 Å². The lowest BCUT2D eigenvalue weighted by Crippen LogP contribution is -2.51. The third kappa shape index (κ3) is 2.92. The number of hydrogen-bond acceptors (Lipinski definition) is 3. The van der Waals surface area contributed by atoms with E-state index in [1.54, 1.807) is 0 Å². The highest BCUT2D eigenvalue weighted by molar-refractivity contribution is 5.71. The van der Waals surface area contributed by atoms with E-state index >= 15 is 0 Å². The summed E-state index contributed by atoms with van der Waals surface area (Å²) in [7, 11) is 0. The fraction of sp³-hybridized carbons (Fsp3) is 0.562. The quantitative estimate of drug-likeness (QED) is 0.932. The average Bonchev–Trinajstić information content (AvgIpc) is 2.49. The number of halogens is 2. The predicted molar refractivity (Wildman–Crippen MR) is 76.4 cm³/mol. The summed E-state index contributed by atoms with van der Waals surface area (Å²) in [5, 5.41) is 9.03. The van der Waals surface area contributed by atoms with Crippen LogP contribution in [0, 0.1) is 5.92 Å². The molecule has 6 heteroatoms. The van der Waals surface area contributed by atoms with Crippen LogP contribution in [-0.4, -0.2) is 48.1 Å². The number of para-hydroxylation sites is 1. The summed E-state index contributed by atoms with van der Waals surface area (Å²) in [4.78, 5) is 12.9. The zero-order chi connectivity index (χ0) is 15.7. The van der Waals surface area contributed by atoms with E-state index in [1.807, 2.05) is 29.2 Å². The maximum absolute atomic E-state index is 13.7. The Balaban J connectivity index is 1.71. The molecule has 2 aliphatic rings. The molecular weight excluding hydrogens is 292 g/mol. The van der Waals surface area contributed by atoms with Gasteiger partial charge in [-0.2, -0.15) is 0 Å². The minimum Gasteiger partial charge on any atom is -0.493 e. The molecule has 1 aromatic rings. The van der Waals surface area contributed by atoms with Gasteiger partial charge in [-0.3, -0.25) is 4.79 Å². The van der Waals surface area contributed by atoms with Crippen molar-refractivity contribution < 1.29 is 23.4 Å². The molecule has 0 spiro atoms. The van der Waals surface area contributed by atoms with Gasteiger partial charge < -0.3 is 14.7 Å². The van der Waals surface area contributed by atoms with Crippen molar-refractivity contribution in [2.24, 2.45) is 5.92 Å². The number of piperidine rings is 1. The van der Waals surface area contributed by atoms with Crippen LogP contribution in [0.4, 0.5) is 8.78 Å². The molecule has 2 unspecified atom stereocenters. The van der Waals surface area contributed by atoms with E-state index in [9.17, 15) is 13.6 Å². The molecule has 0 aliphatic carbocycles. The normalized spacial score (nSPS) is 27.7. The minimum absolute atomic E-state index is 0.0954. The Morgan fingerprint density at radius 2 is 2.18 bits per heavy atom. The summed E-state index contributed by atoms with van der Waals surface area (Å²) >= 11 is 0. The highest BCUT2D eigenvalue weighted by Crippen LogP contribution is 2.37. The smallest absolute Gasteiger partial charge is 0.313 e. The van der Waals surface area contributed by atoms with E-state index in [0.29, 0.717) is 13.2 Å². The Hall–Kier alpha value is -1.69. The first-order valence-corrected chi connectivity index (χ1v) is 7.52. The van der Waals surface area contributed by atoms with Crippen molar-refractivity contribution in [2.45, 2.75) is 24.7 Å². The Kier molecular flexibility index (Phi) is 4.04. The minimum atomic E-state index is -3.12. The number of hydrogen-bond donors (Lipinski definition) is 1. The molecule has 4 nitrogen and oxygen atoms in total. The number of alkyl halides is 2. The van der Waals surface area contributed by atoms with E-state index in [-0.39, 0.29) is 19.0 Å². The summed E-state index contributed by atoms with van der Waals surface area (Å²) < 4.78 is 33.0. The molecule has 2 atom stereocenters. The zero-order valence-electron chi connectivity index (χ0n) is 12.2. The summed E-state index contributed by atoms with van der Waals surface area (Å²) in [6.07, 6.45) is 0.427. The molecule has 1 saturated heterocycles. The van der Waals surface area contributed by atoms with Gasteiger partial charge in [0, 0.05) is 32.0 Å². The second kappa shape index (κ2) is 5.83. The maximum atomic E-state index is 13.7. The number of fused-ring (bicyclic) bond motifs is 1. The summed E-state index contributed by atoms with van der Waals surface area (Å²) in [6, 6.07) is 7.74. The van der Waals surface area contributed by atoms with Crippen molar-refractivity contribution in [3.63, 3.8) is 0 Å². The topological polar surface area (TPSA) is 49.8 Å². The zero-order valence-corrected chi connectivity index (χ0v) is 12.2. The van der Waals surface area contributed by atoms with Crippen molar-refractivity contribution in [2.75, 3.05) is 26.2 Å². The van der Waals surface area contributed by atoms with Gasteiger partial charge in [-0.15, -0.1) is 0 Å². The third-order valence-electron chi connectivity index (χ3n) is 4.57. The molecule has 1 fully saturated rings. The van der Waals surface area contributed by atoms with Gasteiger partial charge in [0.15, 0.2) is 0 Å². The van der Waals surface area contributed by atoms with Crippen molar-refractivity contribution in [1.82, 2.24) is 4.90 Å². The molecule has 22 heavy (non-hydrogen) atoms. The Labute approximate surface area is 127 Å². The summed E-state index contributed by atoms with van der Waals surface area (Å²) in [5.41, 5.74) is 1.08. The number of nitrogens with zero attached hydrogens (tertiary/aromatic N) is 1. The van der Waals surface area contributed by atoms with Gasteiger partial charge in [0.1, 0.15) is 11.7 Å². The Bertz CT molecular complexity index is 564. The van der Waals surface area contributed by atoms with Crippen LogP contribution in [0.2, 0.25) is 0 Å². The molecule has 1 N–H and O–H groups in total. The third-order valence-corrected chi connectivity index (χ3v) is 4.57. The highest BCUT2D eigenvalue weighted by atomic mass is 19.3. The highest BCUT2D eigenvalue weighted by Gasteiger charge is 2.48. The molecule has 0 aromatic heterocycles. The molecule has 0 radical (unpaired) electrons. The molecular formula is C16H19F2NO3. The molecule has 0 saturated carbocycles. The van der Waals surface area contributed by atoms with Crippen LogP contribution in [0.1, 0.15) is 24.3 Å². The van der Waals surface area contributed by atoms with Gasteiger partial charge in [0.25, 0.3) is 5.92 Å². The SMILES string of the molecule is O=C(O)C1CN(CC2CCOc3ccccc32)CCC1(F)F. The Morgan fingerprint density at radius 3 is 2.95 bits per heavy atom. The second-order valence-electron chi connectivity index (χ2n) is 6.03. The van der Waals surface area contributed by atoms with Gasteiger partial charge in [-0.05, 0) is 18.1 Å². The lowest BCUT2D eigenvalue weighted by Gasteiger charge is -2.38.